The summed E-state index contributed by atoms with van der Waals surface area (Å²) in [6.07, 6.45) is 1.09. The van der Waals surface area contributed by atoms with Crippen LogP contribution in [0.2, 0.25) is 0 Å². The van der Waals surface area contributed by atoms with Gasteiger partial charge in [-0.3, -0.25) is 0 Å². The lowest BCUT2D eigenvalue weighted by Gasteiger charge is -2.29. The van der Waals surface area contributed by atoms with Crippen LogP contribution in [0.1, 0.15) is 46.6 Å². The lowest BCUT2D eigenvalue weighted by atomic mass is 9.81. The van der Waals surface area contributed by atoms with Crippen LogP contribution in [0.25, 0.3) is 0 Å². The molecule has 1 aliphatic rings. The summed E-state index contributed by atoms with van der Waals surface area (Å²) in [5, 5.41) is 3.55. The van der Waals surface area contributed by atoms with E-state index in [0.29, 0.717) is 13.2 Å². The minimum Gasteiger partial charge on any atom is -0.486 e. The molecule has 0 atom stereocenters. The zero-order valence-corrected chi connectivity index (χ0v) is 13.4. The Labute approximate surface area is 122 Å². The van der Waals surface area contributed by atoms with E-state index in [1.165, 1.54) is 5.56 Å². The van der Waals surface area contributed by atoms with Crippen molar-refractivity contribution in [3.05, 3.63) is 23.8 Å². The van der Waals surface area contributed by atoms with Crippen molar-refractivity contribution in [3.63, 3.8) is 0 Å². The lowest BCUT2D eigenvalue weighted by Crippen LogP contribution is -2.38. The molecule has 3 nitrogen and oxygen atoms in total. The molecule has 0 amide bonds. The Morgan fingerprint density at radius 1 is 1.00 bits per heavy atom. The molecule has 3 heteroatoms. The van der Waals surface area contributed by atoms with Crippen LogP contribution in [0.5, 0.6) is 11.5 Å². The smallest absolute Gasteiger partial charge is 0.161 e. The van der Waals surface area contributed by atoms with E-state index in [4.69, 9.17) is 9.47 Å². The van der Waals surface area contributed by atoms with Crippen molar-refractivity contribution in [3.8, 4) is 11.5 Å². The van der Waals surface area contributed by atoms with E-state index in [0.717, 1.165) is 24.5 Å². The van der Waals surface area contributed by atoms with Crippen molar-refractivity contribution in [2.45, 2.75) is 52.0 Å². The summed E-state index contributed by atoms with van der Waals surface area (Å²) in [6.45, 7) is 13.4. The molecule has 1 aromatic carbocycles. The molecule has 1 aromatic rings. The van der Waals surface area contributed by atoms with Gasteiger partial charge in [0.1, 0.15) is 13.2 Å². The lowest BCUT2D eigenvalue weighted by molar-refractivity contribution is 0.171. The summed E-state index contributed by atoms with van der Waals surface area (Å²) in [7, 11) is 0. The molecule has 0 bridgehead atoms. The molecule has 0 aromatic heterocycles. The first-order valence-electron chi connectivity index (χ1n) is 7.43. The second-order valence-electron chi connectivity index (χ2n) is 7.17. The van der Waals surface area contributed by atoms with Crippen molar-refractivity contribution in [1.82, 2.24) is 5.32 Å². The van der Waals surface area contributed by atoms with Crippen LogP contribution in [0.3, 0.4) is 0 Å². The summed E-state index contributed by atoms with van der Waals surface area (Å²) < 4.78 is 11.3. The Balaban J connectivity index is 2.05. The molecule has 0 aliphatic carbocycles. The second-order valence-corrected chi connectivity index (χ2v) is 7.17. The summed E-state index contributed by atoms with van der Waals surface area (Å²) in [6, 6.07) is 6.32. The molecule has 1 aliphatic heterocycles. The number of ether oxygens (including phenoxy) is 2. The molecular formula is C17H27NO2. The van der Waals surface area contributed by atoms with Crippen molar-refractivity contribution in [2.24, 2.45) is 0 Å². The fourth-order valence-electron chi connectivity index (χ4n) is 2.36. The maximum absolute atomic E-state index is 5.68. The summed E-state index contributed by atoms with van der Waals surface area (Å²) >= 11 is 0. The van der Waals surface area contributed by atoms with Gasteiger partial charge >= 0.3 is 0 Å². The Kier molecular flexibility index (Phi) is 4.28. The first-order valence-corrected chi connectivity index (χ1v) is 7.43. The van der Waals surface area contributed by atoms with Gasteiger partial charge in [0, 0.05) is 5.54 Å². The number of hydrogen-bond acceptors (Lipinski definition) is 3. The highest BCUT2D eigenvalue weighted by atomic mass is 16.6. The summed E-state index contributed by atoms with van der Waals surface area (Å²) in [5.41, 5.74) is 1.59. The molecular weight excluding hydrogens is 250 g/mol. The highest BCUT2D eigenvalue weighted by Gasteiger charge is 2.23. The number of hydrogen-bond donors (Lipinski definition) is 1. The van der Waals surface area contributed by atoms with Crippen LogP contribution in [0.4, 0.5) is 0 Å². The molecule has 1 N–H and O–H groups in total. The number of fused-ring (bicyclic) bond motifs is 1. The molecule has 1 heterocycles. The normalized spacial score (nSPS) is 15.2. The molecule has 0 fully saturated rings. The third-order valence-corrected chi connectivity index (χ3v) is 3.73. The van der Waals surface area contributed by atoms with Crippen LogP contribution in [0.15, 0.2) is 18.2 Å². The zero-order valence-electron chi connectivity index (χ0n) is 13.4. The fraction of sp³-hybridized carbons (Fsp3) is 0.647. The maximum atomic E-state index is 5.68. The van der Waals surface area contributed by atoms with Crippen LogP contribution < -0.4 is 14.8 Å². The van der Waals surface area contributed by atoms with Crippen molar-refractivity contribution in [1.29, 1.82) is 0 Å². The van der Waals surface area contributed by atoms with Gasteiger partial charge in [-0.2, -0.15) is 0 Å². The van der Waals surface area contributed by atoms with Crippen molar-refractivity contribution in [2.75, 3.05) is 19.8 Å². The van der Waals surface area contributed by atoms with Gasteiger partial charge in [0.05, 0.1) is 0 Å². The SMILES string of the molecule is CC(C)(C)NCCC(C)(C)c1ccc2c(c1)OCCO2. The van der Waals surface area contributed by atoms with E-state index < -0.39 is 0 Å². The average Bonchev–Trinajstić information content (AvgIpc) is 2.36. The standard InChI is InChI=1S/C17H27NO2/c1-16(2,3)18-9-8-17(4,5)13-6-7-14-15(12-13)20-11-10-19-14/h6-7,12,18H,8-11H2,1-5H3. The minimum absolute atomic E-state index is 0.119. The van der Waals surface area contributed by atoms with E-state index in [1.807, 2.05) is 6.07 Å². The summed E-state index contributed by atoms with van der Waals surface area (Å²) in [5.74, 6) is 1.74. The van der Waals surface area contributed by atoms with Crippen LogP contribution >= 0.6 is 0 Å². The van der Waals surface area contributed by atoms with Gasteiger partial charge in [0.15, 0.2) is 11.5 Å². The topological polar surface area (TPSA) is 30.5 Å². The molecule has 2 rings (SSSR count). The van der Waals surface area contributed by atoms with E-state index in [-0.39, 0.29) is 11.0 Å². The first-order chi connectivity index (χ1) is 9.28. The Morgan fingerprint density at radius 3 is 2.30 bits per heavy atom. The molecule has 0 saturated heterocycles. The summed E-state index contributed by atoms with van der Waals surface area (Å²) in [4.78, 5) is 0. The minimum atomic E-state index is 0.119. The average molecular weight is 277 g/mol. The van der Waals surface area contributed by atoms with Crippen LogP contribution in [0, 0.1) is 0 Å². The molecule has 0 radical (unpaired) electrons. The largest absolute Gasteiger partial charge is 0.486 e. The molecule has 0 spiro atoms. The predicted molar refractivity (Wildman–Crippen MR) is 82.8 cm³/mol. The number of benzene rings is 1. The highest BCUT2D eigenvalue weighted by Crippen LogP contribution is 2.36. The van der Waals surface area contributed by atoms with E-state index >= 15 is 0 Å². The van der Waals surface area contributed by atoms with E-state index in [2.05, 4.69) is 52.1 Å². The third kappa shape index (κ3) is 3.89. The third-order valence-electron chi connectivity index (χ3n) is 3.73. The van der Waals surface area contributed by atoms with Gasteiger partial charge in [0.2, 0.25) is 0 Å². The molecule has 0 saturated carbocycles. The maximum Gasteiger partial charge on any atom is 0.161 e. The van der Waals surface area contributed by atoms with Gasteiger partial charge in [-0.25, -0.2) is 0 Å². The predicted octanol–water partition coefficient (Wildman–Crippen LogP) is 3.51. The number of nitrogens with one attached hydrogen (secondary N) is 1. The van der Waals surface area contributed by atoms with Gasteiger partial charge in [-0.1, -0.05) is 19.9 Å². The first kappa shape index (κ1) is 15.2. The Morgan fingerprint density at radius 2 is 1.65 bits per heavy atom. The van der Waals surface area contributed by atoms with Gasteiger partial charge < -0.3 is 14.8 Å². The van der Waals surface area contributed by atoms with E-state index in [9.17, 15) is 0 Å². The van der Waals surface area contributed by atoms with Gasteiger partial charge in [0.25, 0.3) is 0 Å². The molecule has 20 heavy (non-hydrogen) atoms. The van der Waals surface area contributed by atoms with Gasteiger partial charge in [-0.05, 0) is 56.8 Å². The highest BCUT2D eigenvalue weighted by molar-refractivity contribution is 5.45. The monoisotopic (exact) mass is 277 g/mol. The van der Waals surface area contributed by atoms with Crippen LogP contribution in [-0.4, -0.2) is 25.3 Å². The molecule has 112 valence electrons. The van der Waals surface area contributed by atoms with Crippen molar-refractivity contribution >= 4 is 0 Å². The second kappa shape index (κ2) is 5.65. The van der Waals surface area contributed by atoms with Crippen molar-refractivity contribution < 1.29 is 9.47 Å². The Hall–Kier alpha value is -1.22. The fourth-order valence-corrected chi connectivity index (χ4v) is 2.36. The van der Waals surface area contributed by atoms with E-state index in [1.54, 1.807) is 0 Å². The van der Waals surface area contributed by atoms with Crippen LogP contribution in [-0.2, 0) is 5.41 Å². The quantitative estimate of drug-likeness (QED) is 0.913. The molecule has 0 unspecified atom stereocenters. The van der Waals surface area contributed by atoms with Gasteiger partial charge in [-0.15, -0.1) is 0 Å². The zero-order chi connectivity index (χ0) is 14.8. The number of rotatable bonds is 4. The Bertz CT molecular complexity index is 461.